The predicted octanol–water partition coefficient (Wildman–Crippen LogP) is 2.06. The van der Waals surface area contributed by atoms with Crippen LogP contribution >= 0.6 is 12.2 Å². The Balaban J connectivity index is 2.07. The summed E-state index contributed by atoms with van der Waals surface area (Å²) in [4.78, 5) is 15.4. The van der Waals surface area contributed by atoms with Crippen molar-refractivity contribution in [3.63, 3.8) is 0 Å². The van der Waals surface area contributed by atoms with Crippen LogP contribution in [-0.4, -0.2) is 31.3 Å². The molecule has 1 aliphatic rings. The van der Waals surface area contributed by atoms with Crippen LogP contribution in [0.25, 0.3) is 11.2 Å². The maximum Gasteiger partial charge on any atom is 0.243 e. The number of aromatic amines is 1. The molecule has 0 saturated heterocycles. The lowest BCUT2D eigenvalue weighted by Crippen LogP contribution is -2.32. The highest BCUT2D eigenvalue weighted by atomic mass is 32.1. The van der Waals surface area contributed by atoms with E-state index in [0.717, 1.165) is 36.2 Å². The van der Waals surface area contributed by atoms with E-state index in [9.17, 15) is 4.79 Å². The van der Waals surface area contributed by atoms with E-state index in [-0.39, 0.29) is 11.9 Å². The van der Waals surface area contributed by atoms with E-state index in [2.05, 4.69) is 15.4 Å². The number of aromatic nitrogens is 4. The molecule has 7 heteroatoms. The fourth-order valence-electron chi connectivity index (χ4n) is 2.47. The van der Waals surface area contributed by atoms with Gasteiger partial charge in [-0.25, -0.2) is 4.68 Å². The van der Waals surface area contributed by atoms with Gasteiger partial charge in [-0.3, -0.25) is 9.36 Å². The quantitative estimate of drug-likeness (QED) is 0.848. The molecule has 108 valence electrons. The summed E-state index contributed by atoms with van der Waals surface area (Å²) in [7, 11) is 0. The third-order valence-corrected chi connectivity index (χ3v) is 4.07. The van der Waals surface area contributed by atoms with Crippen LogP contribution in [0.4, 0.5) is 0 Å². The number of aryl methyl sites for hydroxylation is 2. The highest BCUT2D eigenvalue weighted by molar-refractivity contribution is 7.71. The number of fused-ring (bicyclic) bond motifs is 1. The van der Waals surface area contributed by atoms with Gasteiger partial charge in [-0.05, 0) is 45.8 Å². The van der Waals surface area contributed by atoms with Gasteiger partial charge >= 0.3 is 0 Å². The second-order valence-corrected chi connectivity index (χ2v) is 5.75. The lowest BCUT2D eigenvalue weighted by molar-refractivity contribution is -0.123. The van der Waals surface area contributed by atoms with Crippen molar-refractivity contribution >= 4 is 29.3 Å². The molecule has 0 radical (unpaired) electrons. The van der Waals surface area contributed by atoms with Crippen LogP contribution in [0.1, 0.15) is 38.4 Å². The Labute approximate surface area is 122 Å². The summed E-state index contributed by atoms with van der Waals surface area (Å²) in [6.45, 7) is 6.59. The maximum absolute atomic E-state index is 12.3. The van der Waals surface area contributed by atoms with Gasteiger partial charge in [0.05, 0.1) is 5.69 Å². The largest absolute Gasteiger partial charge is 0.352 e. The molecule has 1 saturated carbocycles. The Kier molecular flexibility index (Phi) is 3.16. The van der Waals surface area contributed by atoms with Gasteiger partial charge in [-0.2, -0.15) is 5.10 Å². The van der Waals surface area contributed by atoms with Gasteiger partial charge in [0.25, 0.3) is 0 Å². The minimum Gasteiger partial charge on any atom is -0.352 e. The molecule has 1 aliphatic carbocycles. The molecule has 3 rings (SSSR count). The third kappa shape index (κ3) is 2.06. The van der Waals surface area contributed by atoms with Gasteiger partial charge in [-0.1, -0.05) is 0 Å². The fraction of sp³-hybridized carbons (Fsp3) is 0.615. The van der Waals surface area contributed by atoms with Crippen molar-refractivity contribution in [1.29, 1.82) is 0 Å². The zero-order chi connectivity index (χ0) is 14.4. The van der Waals surface area contributed by atoms with Crippen LogP contribution in [0.5, 0.6) is 0 Å². The third-order valence-electron chi connectivity index (χ3n) is 3.77. The molecule has 0 bridgehead atoms. The first-order chi connectivity index (χ1) is 9.52. The molecule has 0 aromatic carbocycles. The van der Waals surface area contributed by atoms with Gasteiger partial charge in [0, 0.05) is 12.6 Å². The summed E-state index contributed by atoms with van der Waals surface area (Å²) in [6.07, 6.45) is 2.16. The zero-order valence-electron chi connectivity index (χ0n) is 11.9. The number of imidazole rings is 1. The molecule has 1 atom stereocenters. The molecule has 20 heavy (non-hydrogen) atoms. The van der Waals surface area contributed by atoms with Gasteiger partial charge in [0.15, 0.2) is 10.4 Å². The van der Waals surface area contributed by atoms with E-state index in [4.69, 9.17) is 12.2 Å². The van der Waals surface area contributed by atoms with Crippen LogP contribution in [0, 0.1) is 11.7 Å². The summed E-state index contributed by atoms with van der Waals surface area (Å²) in [5.41, 5.74) is 2.72. The average molecular weight is 293 g/mol. The normalized spacial score (nSPS) is 16.6. The number of rotatable bonds is 4. The number of nitrogens with zero attached hydrogens (tertiary/aromatic N) is 3. The molecule has 1 unspecified atom stereocenters. The summed E-state index contributed by atoms with van der Waals surface area (Å²) in [5, 5.41) is 7.50. The smallest absolute Gasteiger partial charge is 0.243 e. The van der Waals surface area contributed by atoms with Crippen molar-refractivity contribution in [1.82, 2.24) is 24.6 Å². The highest BCUT2D eigenvalue weighted by Gasteiger charge is 2.28. The zero-order valence-corrected chi connectivity index (χ0v) is 12.8. The molecule has 2 aromatic rings. The maximum atomic E-state index is 12.3. The van der Waals surface area contributed by atoms with Crippen molar-refractivity contribution < 1.29 is 4.79 Å². The number of carbonyl (C=O) groups is 1. The number of hydrogen-bond acceptors (Lipinski definition) is 3. The number of nitrogens with one attached hydrogen (secondary N) is 2. The number of carbonyl (C=O) groups excluding carboxylic acids is 1. The first kappa shape index (κ1) is 13.4. The van der Waals surface area contributed by atoms with Crippen molar-refractivity contribution in [2.75, 3.05) is 0 Å². The molecule has 0 spiro atoms. The molecule has 1 amide bonds. The van der Waals surface area contributed by atoms with Gasteiger partial charge in [-0.15, -0.1) is 0 Å². The molecular formula is C13H19N5OS. The Hall–Kier alpha value is -1.63. The minimum absolute atomic E-state index is 0.0195. The Bertz CT molecular complexity index is 721. The van der Waals surface area contributed by atoms with Crippen LogP contribution in [-0.2, 0) is 11.3 Å². The van der Waals surface area contributed by atoms with Crippen molar-refractivity contribution in [3.8, 4) is 0 Å². The first-order valence-corrected chi connectivity index (χ1v) is 7.41. The summed E-state index contributed by atoms with van der Waals surface area (Å²) in [5.74, 6) is 0.0195. The Morgan fingerprint density at radius 1 is 1.60 bits per heavy atom. The Morgan fingerprint density at radius 3 is 2.90 bits per heavy atom. The number of amides is 1. The molecule has 6 nitrogen and oxygen atoms in total. The summed E-state index contributed by atoms with van der Waals surface area (Å²) >= 11 is 5.38. The van der Waals surface area contributed by atoms with Crippen molar-refractivity contribution in [2.45, 2.75) is 52.2 Å². The second-order valence-electron chi connectivity index (χ2n) is 5.36. The molecule has 2 aromatic heterocycles. The first-order valence-electron chi connectivity index (χ1n) is 7.01. The fourth-order valence-corrected chi connectivity index (χ4v) is 2.82. The highest BCUT2D eigenvalue weighted by Crippen LogP contribution is 2.24. The lowest BCUT2D eigenvalue weighted by Gasteiger charge is -2.14. The monoisotopic (exact) mass is 293 g/mol. The molecule has 0 aliphatic heterocycles. The van der Waals surface area contributed by atoms with Crippen molar-refractivity contribution in [3.05, 3.63) is 10.5 Å². The average Bonchev–Trinajstić information content (AvgIpc) is 3.08. The summed E-state index contributed by atoms with van der Waals surface area (Å²) in [6, 6.07) is 0.0182. The Morgan fingerprint density at radius 2 is 2.30 bits per heavy atom. The van der Waals surface area contributed by atoms with Crippen LogP contribution in [0.15, 0.2) is 0 Å². The van der Waals surface area contributed by atoms with Crippen LogP contribution < -0.4 is 5.32 Å². The van der Waals surface area contributed by atoms with E-state index in [1.54, 1.807) is 0 Å². The van der Waals surface area contributed by atoms with Crippen LogP contribution in [0.3, 0.4) is 0 Å². The molecule has 2 heterocycles. The molecule has 2 N–H and O–H groups in total. The molecule has 1 fully saturated rings. The van der Waals surface area contributed by atoms with Gasteiger partial charge in [0.1, 0.15) is 11.6 Å². The number of hydrogen-bond donors (Lipinski definition) is 2. The van der Waals surface area contributed by atoms with E-state index in [1.807, 2.05) is 30.0 Å². The summed E-state index contributed by atoms with van der Waals surface area (Å²) < 4.78 is 4.32. The van der Waals surface area contributed by atoms with E-state index in [1.165, 1.54) is 0 Å². The van der Waals surface area contributed by atoms with Crippen molar-refractivity contribution in [2.24, 2.45) is 0 Å². The predicted molar refractivity (Wildman–Crippen MR) is 79.2 cm³/mol. The van der Waals surface area contributed by atoms with E-state index in [0.29, 0.717) is 10.8 Å². The van der Waals surface area contributed by atoms with Gasteiger partial charge in [0.2, 0.25) is 5.91 Å². The standard InChI is InChI=1S/C13H19N5OS/c1-4-17-12-10(7(2)16-17)15-13(20)18(12)8(3)11(19)14-9-5-6-9/h8-9H,4-6H2,1-3H3,(H,14,19)(H,15,20). The second kappa shape index (κ2) is 4.73. The van der Waals surface area contributed by atoms with Crippen LogP contribution in [0.2, 0.25) is 0 Å². The lowest BCUT2D eigenvalue weighted by atomic mass is 10.3. The van der Waals surface area contributed by atoms with Gasteiger partial charge < -0.3 is 10.3 Å². The van der Waals surface area contributed by atoms with E-state index < -0.39 is 0 Å². The topological polar surface area (TPSA) is 67.6 Å². The SMILES string of the molecule is CCn1nc(C)c2[nH]c(=S)n(C(C)C(=O)NC3CC3)c21. The van der Waals surface area contributed by atoms with E-state index >= 15 is 0 Å². The molecular weight excluding hydrogens is 274 g/mol. The number of H-pyrrole nitrogens is 1. The minimum atomic E-state index is -0.335.